The molecule has 1 aliphatic heterocycles. The van der Waals surface area contributed by atoms with Crippen LogP contribution < -0.4 is 4.90 Å². The van der Waals surface area contributed by atoms with E-state index in [1.807, 2.05) is 4.90 Å². The van der Waals surface area contributed by atoms with Gasteiger partial charge in [-0.15, -0.1) is 0 Å². The van der Waals surface area contributed by atoms with Gasteiger partial charge >= 0.3 is 5.97 Å². The lowest BCUT2D eigenvalue weighted by Gasteiger charge is -2.23. The monoisotopic (exact) mass is 421 g/mol. The fourth-order valence-electron chi connectivity index (χ4n) is 3.15. The molecule has 0 N–H and O–H groups in total. The van der Waals surface area contributed by atoms with Gasteiger partial charge in [0.15, 0.2) is 0 Å². The van der Waals surface area contributed by atoms with E-state index in [0.717, 1.165) is 6.07 Å². The predicted octanol–water partition coefficient (Wildman–Crippen LogP) is 2.61. The first-order chi connectivity index (χ1) is 13.8. The molecule has 29 heavy (non-hydrogen) atoms. The van der Waals surface area contributed by atoms with Gasteiger partial charge in [0.25, 0.3) is 0 Å². The smallest absolute Gasteiger partial charge is 0.339 e. The molecule has 0 unspecified atom stereocenters. The Morgan fingerprint density at radius 3 is 2.62 bits per heavy atom. The molecule has 0 amide bonds. The van der Waals surface area contributed by atoms with Gasteiger partial charge in [0, 0.05) is 32.4 Å². The van der Waals surface area contributed by atoms with Crippen LogP contribution in [0.1, 0.15) is 29.3 Å². The number of ether oxygens (including phenoxy) is 1. The van der Waals surface area contributed by atoms with E-state index in [9.17, 15) is 17.6 Å². The molecule has 9 heteroatoms. The van der Waals surface area contributed by atoms with Crippen LogP contribution in [0, 0.1) is 12.7 Å². The van der Waals surface area contributed by atoms with Gasteiger partial charge in [-0.2, -0.15) is 4.31 Å². The van der Waals surface area contributed by atoms with E-state index in [2.05, 4.69) is 4.98 Å². The maximum absolute atomic E-state index is 13.8. The Hall–Kier alpha value is -2.52. The quantitative estimate of drug-likeness (QED) is 0.691. The molecule has 156 valence electrons. The number of carbonyl (C=O) groups is 1. The summed E-state index contributed by atoms with van der Waals surface area (Å²) in [6.45, 7) is 5.30. The SMILES string of the molecule is CCOC(=O)c1ccc(N2CCCN(S(=O)(=O)c3ccc(C)c(F)c3)CC2)nc1. The molecular weight excluding hydrogens is 397 g/mol. The molecule has 3 rings (SSSR count). The number of rotatable bonds is 5. The van der Waals surface area contributed by atoms with Crippen LogP contribution in [0.4, 0.5) is 10.2 Å². The van der Waals surface area contributed by atoms with Crippen LogP contribution in [0.15, 0.2) is 41.4 Å². The minimum Gasteiger partial charge on any atom is -0.462 e. The number of hydrogen-bond donors (Lipinski definition) is 0. The molecule has 2 heterocycles. The summed E-state index contributed by atoms with van der Waals surface area (Å²) in [7, 11) is -3.77. The van der Waals surface area contributed by atoms with Crippen molar-refractivity contribution in [2.45, 2.75) is 25.2 Å². The zero-order chi connectivity index (χ0) is 21.0. The van der Waals surface area contributed by atoms with Crippen molar-refractivity contribution in [3.05, 3.63) is 53.5 Å². The third kappa shape index (κ3) is 4.73. The highest BCUT2D eigenvalue weighted by molar-refractivity contribution is 7.89. The minimum atomic E-state index is -3.77. The topological polar surface area (TPSA) is 79.8 Å². The van der Waals surface area contributed by atoms with Crippen molar-refractivity contribution in [2.75, 3.05) is 37.7 Å². The van der Waals surface area contributed by atoms with Crippen molar-refractivity contribution in [3.63, 3.8) is 0 Å². The highest BCUT2D eigenvalue weighted by Gasteiger charge is 2.28. The number of halogens is 1. The number of anilines is 1. The summed E-state index contributed by atoms with van der Waals surface area (Å²) in [5.74, 6) is -0.294. The average Bonchev–Trinajstić information content (AvgIpc) is 2.97. The fraction of sp³-hybridized carbons (Fsp3) is 0.400. The zero-order valence-corrected chi connectivity index (χ0v) is 17.3. The zero-order valence-electron chi connectivity index (χ0n) is 16.5. The van der Waals surface area contributed by atoms with E-state index in [1.165, 1.54) is 22.6 Å². The van der Waals surface area contributed by atoms with E-state index < -0.39 is 21.8 Å². The lowest BCUT2D eigenvalue weighted by atomic mass is 10.2. The molecular formula is C20H24FN3O4S. The Morgan fingerprint density at radius 2 is 1.97 bits per heavy atom. The van der Waals surface area contributed by atoms with E-state index in [-0.39, 0.29) is 11.4 Å². The van der Waals surface area contributed by atoms with Crippen LogP contribution in [0.5, 0.6) is 0 Å². The Kier molecular flexibility index (Phi) is 6.49. The summed E-state index contributed by atoms with van der Waals surface area (Å²) in [5.41, 5.74) is 0.777. The molecule has 0 saturated carbocycles. The van der Waals surface area contributed by atoms with Gasteiger partial charge in [-0.25, -0.2) is 22.6 Å². The summed E-state index contributed by atoms with van der Waals surface area (Å²) >= 11 is 0. The lowest BCUT2D eigenvalue weighted by Crippen LogP contribution is -2.35. The van der Waals surface area contributed by atoms with Crippen LogP contribution in [-0.2, 0) is 14.8 Å². The highest BCUT2D eigenvalue weighted by atomic mass is 32.2. The van der Waals surface area contributed by atoms with Gasteiger partial charge in [0.2, 0.25) is 10.0 Å². The number of carbonyl (C=O) groups excluding carboxylic acids is 1. The van der Waals surface area contributed by atoms with Gasteiger partial charge in [0.05, 0.1) is 17.1 Å². The highest BCUT2D eigenvalue weighted by Crippen LogP contribution is 2.22. The molecule has 1 aliphatic rings. The average molecular weight is 421 g/mol. The van der Waals surface area contributed by atoms with Crippen molar-refractivity contribution < 1.29 is 22.3 Å². The fourth-order valence-corrected chi connectivity index (χ4v) is 4.64. The molecule has 2 aromatic rings. The number of hydrogen-bond acceptors (Lipinski definition) is 6. The van der Waals surface area contributed by atoms with Crippen LogP contribution >= 0.6 is 0 Å². The number of aryl methyl sites for hydroxylation is 1. The summed E-state index contributed by atoms with van der Waals surface area (Å²) in [6, 6.07) is 7.36. The molecule has 1 aromatic heterocycles. The number of pyridine rings is 1. The summed E-state index contributed by atoms with van der Waals surface area (Å²) in [6.07, 6.45) is 2.07. The minimum absolute atomic E-state index is 0.0361. The van der Waals surface area contributed by atoms with Crippen molar-refractivity contribution >= 4 is 21.8 Å². The first-order valence-corrected chi connectivity index (χ1v) is 10.9. The second-order valence-electron chi connectivity index (χ2n) is 6.78. The molecule has 0 atom stereocenters. The number of esters is 1. The van der Waals surface area contributed by atoms with Crippen LogP contribution in [0.2, 0.25) is 0 Å². The van der Waals surface area contributed by atoms with Crippen molar-refractivity contribution in [1.82, 2.24) is 9.29 Å². The maximum atomic E-state index is 13.8. The molecule has 0 radical (unpaired) electrons. The Bertz CT molecular complexity index is 980. The standard InChI is InChI=1S/C20H24FN3O4S/c1-3-28-20(25)16-6-8-19(22-14-16)23-9-4-10-24(12-11-23)29(26,27)17-7-5-15(2)18(21)13-17/h5-8,13-14H,3-4,9-12H2,1-2H3. The van der Waals surface area contributed by atoms with E-state index in [4.69, 9.17) is 4.74 Å². The molecule has 0 spiro atoms. The lowest BCUT2D eigenvalue weighted by molar-refractivity contribution is 0.0526. The van der Waals surface area contributed by atoms with E-state index >= 15 is 0 Å². The van der Waals surface area contributed by atoms with Crippen LogP contribution in [0.25, 0.3) is 0 Å². The largest absolute Gasteiger partial charge is 0.462 e. The molecule has 1 fully saturated rings. The molecule has 1 saturated heterocycles. The van der Waals surface area contributed by atoms with Crippen LogP contribution in [0.3, 0.4) is 0 Å². The number of aromatic nitrogens is 1. The Morgan fingerprint density at radius 1 is 1.17 bits per heavy atom. The van der Waals surface area contributed by atoms with Crippen LogP contribution in [-0.4, -0.2) is 56.5 Å². The summed E-state index contributed by atoms with van der Waals surface area (Å²) in [5, 5.41) is 0. The van der Waals surface area contributed by atoms with Crippen molar-refractivity contribution in [3.8, 4) is 0 Å². The third-order valence-electron chi connectivity index (χ3n) is 4.82. The Labute approximate surface area is 170 Å². The van der Waals surface area contributed by atoms with E-state index in [0.29, 0.717) is 49.6 Å². The number of sulfonamides is 1. The van der Waals surface area contributed by atoms with Gasteiger partial charge < -0.3 is 9.64 Å². The maximum Gasteiger partial charge on any atom is 0.339 e. The van der Waals surface area contributed by atoms with E-state index in [1.54, 1.807) is 26.0 Å². The first kappa shape index (κ1) is 21.2. The molecule has 0 bridgehead atoms. The summed E-state index contributed by atoms with van der Waals surface area (Å²) < 4.78 is 46.0. The van der Waals surface area contributed by atoms with Crippen molar-refractivity contribution in [1.29, 1.82) is 0 Å². The first-order valence-electron chi connectivity index (χ1n) is 9.47. The second kappa shape index (κ2) is 8.87. The van der Waals surface area contributed by atoms with Gasteiger partial charge in [0.1, 0.15) is 11.6 Å². The Balaban J connectivity index is 1.71. The predicted molar refractivity (Wildman–Crippen MR) is 107 cm³/mol. The number of nitrogens with zero attached hydrogens (tertiary/aromatic N) is 3. The molecule has 1 aromatic carbocycles. The normalized spacial score (nSPS) is 15.8. The van der Waals surface area contributed by atoms with Crippen molar-refractivity contribution in [2.24, 2.45) is 0 Å². The van der Waals surface area contributed by atoms with Gasteiger partial charge in [-0.05, 0) is 50.1 Å². The van der Waals surface area contributed by atoms with Gasteiger partial charge in [-0.1, -0.05) is 6.07 Å². The molecule has 0 aliphatic carbocycles. The third-order valence-corrected chi connectivity index (χ3v) is 6.71. The second-order valence-corrected chi connectivity index (χ2v) is 8.72. The summed E-state index contributed by atoms with van der Waals surface area (Å²) in [4.78, 5) is 18.0. The number of benzene rings is 1. The molecule has 7 nitrogen and oxygen atoms in total. The van der Waals surface area contributed by atoms with Gasteiger partial charge in [-0.3, -0.25) is 0 Å².